The van der Waals surface area contributed by atoms with E-state index >= 15 is 0 Å². The number of carboxylic acid groups (broad SMARTS) is 1. The highest BCUT2D eigenvalue weighted by Crippen LogP contribution is 2.49. The number of likely N-dealkylation sites (tertiary alicyclic amines) is 1. The Morgan fingerprint density at radius 3 is 2.65 bits per heavy atom. The largest absolute Gasteiger partial charge is 0.490 e. The number of fused-ring (bicyclic) bond motifs is 5. The van der Waals surface area contributed by atoms with Crippen molar-refractivity contribution in [1.29, 1.82) is 0 Å². The van der Waals surface area contributed by atoms with Gasteiger partial charge in [-0.15, -0.1) is 0 Å². The zero-order valence-electron chi connectivity index (χ0n) is 21.9. The molecule has 6 nitrogen and oxygen atoms in total. The van der Waals surface area contributed by atoms with Crippen molar-refractivity contribution >= 4 is 16.9 Å². The van der Waals surface area contributed by atoms with Gasteiger partial charge in [0, 0.05) is 16.5 Å². The van der Waals surface area contributed by atoms with Gasteiger partial charge in [0.15, 0.2) is 11.5 Å². The first-order valence-corrected chi connectivity index (χ1v) is 14.1. The van der Waals surface area contributed by atoms with Crippen LogP contribution in [0.15, 0.2) is 36.4 Å². The molecule has 1 aromatic heterocycles. The molecule has 196 valence electrons. The summed E-state index contributed by atoms with van der Waals surface area (Å²) in [6.07, 6.45) is 9.69. The minimum atomic E-state index is -0.887. The number of carboxylic acids is 1. The van der Waals surface area contributed by atoms with E-state index in [1.54, 1.807) is 6.07 Å². The number of aromatic nitrogens is 1. The molecule has 0 atom stereocenters. The van der Waals surface area contributed by atoms with E-state index in [0.717, 1.165) is 34.9 Å². The first-order chi connectivity index (χ1) is 18.1. The van der Waals surface area contributed by atoms with Gasteiger partial charge in [-0.2, -0.15) is 0 Å². The Morgan fingerprint density at radius 2 is 1.86 bits per heavy atom. The fraction of sp³-hybridized carbons (Fsp3) is 0.516. The van der Waals surface area contributed by atoms with Gasteiger partial charge in [0.25, 0.3) is 0 Å². The first kappa shape index (κ1) is 24.4. The van der Waals surface area contributed by atoms with Gasteiger partial charge in [0.05, 0.1) is 24.4 Å². The smallest absolute Gasteiger partial charge is 0.335 e. The van der Waals surface area contributed by atoms with Crippen molar-refractivity contribution in [2.45, 2.75) is 63.8 Å². The van der Waals surface area contributed by atoms with E-state index in [0.29, 0.717) is 31.2 Å². The minimum absolute atomic E-state index is 0.333. The Bertz CT molecular complexity index is 1280. The lowest BCUT2D eigenvalue weighted by atomic mass is 9.81. The lowest BCUT2D eigenvalue weighted by molar-refractivity contribution is 0.0697. The van der Waals surface area contributed by atoms with Crippen LogP contribution in [0.4, 0.5) is 0 Å². The van der Waals surface area contributed by atoms with Crippen LogP contribution in [0, 0.1) is 5.92 Å². The molecule has 1 saturated heterocycles. The number of nitrogens with zero attached hydrogens (tertiary/aromatic N) is 2. The standard InChI is InChI=1S/C31H38N2O4/c1-32-15-12-21(13-16-32)14-18-36-27-9-5-8-25-29-28(22-6-3-2-4-7-22)24-11-10-23(31(34)35)20-26(24)33(29)17-19-37-30(25)27/h5,8-11,20-22H,2-4,6-7,12-19H2,1H3,(H,34,35). The van der Waals surface area contributed by atoms with E-state index in [4.69, 9.17) is 9.47 Å². The summed E-state index contributed by atoms with van der Waals surface area (Å²) in [5, 5.41) is 10.9. The molecule has 2 fully saturated rings. The van der Waals surface area contributed by atoms with Gasteiger partial charge in [0.1, 0.15) is 6.61 Å². The molecule has 3 aliphatic rings. The summed E-state index contributed by atoms with van der Waals surface area (Å²) in [6.45, 7) is 4.26. The van der Waals surface area contributed by atoms with E-state index < -0.39 is 5.97 Å². The van der Waals surface area contributed by atoms with Gasteiger partial charge in [-0.3, -0.25) is 0 Å². The van der Waals surface area contributed by atoms with Crippen molar-refractivity contribution in [2.24, 2.45) is 5.92 Å². The lowest BCUT2D eigenvalue weighted by Gasteiger charge is -2.28. The summed E-state index contributed by atoms with van der Waals surface area (Å²) < 4.78 is 15.1. The predicted molar refractivity (Wildman–Crippen MR) is 146 cm³/mol. The first-order valence-electron chi connectivity index (χ1n) is 14.1. The van der Waals surface area contributed by atoms with Crippen molar-refractivity contribution in [3.05, 3.63) is 47.5 Å². The summed E-state index contributed by atoms with van der Waals surface area (Å²) in [5.74, 6) is 1.97. The molecule has 0 unspecified atom stereocenters. The van der Waals surface area contributed by atoms with Crippen LogP contribution in [0.2, 0.25) is 0 Å². The molecule has 3 aromatic rings. The zero-order chi connectivity index (χ0) is 25.4. The highest BCUT2D eigenvalue weighted by molar-refractivity contribution is 5.99. The second-order valence-electron chi connectivity index (χ2n) is 11.2. The Balaban J connectivity index is 1.39. The monoisotopic (exact) mass is 502 g/mol. The van der Waals surface area contributed by atoms with E-state index in [1.807, 2.05) is 18.2 Å². The van der Waals surface area contributed by atoms with Crippen molar-refractivity contribution in [1.82, 2.24) is 9.47 Å². The van der Waals surface area contributed by atoms with Gasteiger partial charge >= 0.3 is 5.97 Å². The quantitative estimate of drug-likeness (QED) is 0.414. The summed E-state index contributed by atoms with van der Waals surface area (Å²) in [7, 11) is 2.20. The Kier molecular flexibility index (Phi) is 6.85. The number of aromatic carboxylic acids is 1. The van der Waals surface area contributed by atoms with Crippen LogP contribution in [0.5, 0.6) is 11.5 Å². The van der Waals surface area contributed by atoms with Crippen molar-refractivity contribution in [3.63, 3.8) is 0 Å². The Labute approximate surface area is 219 Å². The molecule has 0 amide bonds. The van der Waals surface area contributed by atoms with Gasteiger partial charge in [-0.1, -0.05) is 31.4 Å². The van der Waals surface area contributed by atoms with Crippen LogP contribution in [-0.4, -0.2) is 53.9 Å². The molecule has 2 aliphatic heterocycles. The van der Waals surface area contributed by atoms with Crippen LogP contribution in [0.1, 0.15) is 73.2 Å². The molecule has 2 aromatic carbocycles. The average Bonchev–Trinajstić information content (AvgIpc) is 3.11. The number of piperidine rings is 1. The number of carbonyl (C=O) groups is 1. The third-order valence-corrected chi connectivity index (χ3v) is 8.78. The molecule has 6 heteroatoms. The molecule has 37 heavy (non-hydrogen) atoms. The third-order valence-electron chi connectivity index (χ3n) is 8.78. The molecule has 1 aliphatic carbocycles. The van der Waals surface area contributed by atoms with Gasteiger partial charge in [0.2, 0.25) is 0 Å². The highest BCUT2D eigenvalue weighted by Gasteiger charge is 2.30. The van der Waals surface area contributed by atoms with Crippen molar-refractivity contribution < 1.29 is 19.4 Å². The Morgan fingerprint density at radius 1 is 1.05 bits per heavy atom. The second kappa shape index (κ2) is 10.4. The average molecular weight is 503 g/mol. The van der Waals surface area contributed by atoms with Crippen LogP contribution in [-0.2, 0) is 6.54 Å². The number of para-hydroxylation sites is 1. The fourth-order valence-electron chi connectivity index (χ4n) is 6.73. The van der Waals surface area contributed by atoms with E-state index in [9.17, 15) is 9.90 Å². The van der Waals surface area contributed by atoms with Crippen molar-refractivity contribution in [3.8, 4) is 22.8 Å². The zero-order valence-corrected chi connectivity index (χ0v) is 21.9. The van der Waals surface area contributed by atoms with E-state index in [2.05, 4.69) is 28.6 Å². The topological polar surface area (TPSA) is 63.9 Å². The summed E-state index contributed by atoms with van der Waals surface area (Å²) >= 11 is 0. The molecule has 3 heterocycles. The normalized spacial score (nSPS) is 19.2. The number of ether oxygens (including phenoxy) is 2. The van der Waals surface area contributed by atoms with Gasteiger partial charge in [-0.25, -0.2) is 4.79 Å². The van der Waals surface area contributed by atoms with Crippen LogP contribution in [0.25, 0.3) is 22.2 Å². The highest BCUT2D eigenvalue weighted by atomic mass is 16.5. The Hall–Kier alpha value is -2.99. The predicted octanol–water partition coefficient (Wildman–Crippen LogP) is 6.56. The fourth-order valence-corrected chi connectivity index (χ4v) is 6.73. The molecule has 0 spiro atoms. The third kappa shape index (κ3) is 4.72. The second-order valence-corrected chi connectivity index (χ2v) is 11.2. The molecule has 0 bridgehead atoms. The lowest BCUT2D eigenvalue weighted by Crippen LogP contribution is -2.30. The van der Waals surface area contributed by atoms with E-state index in [1.165, 1.54) is 74.7 Å². The van der Waals surface area contributed by atoms with Crippen LogP contribution >= 0.6 is 0 Å². The molecule has 0 radical (unpaired) electrons. The van der Waals surface area contributed by atoms with E-state index in [-0.39, 0.29) is 0 Å². The van der Waals surface area contributed by atoms with Crippen LogP contribution < -0.4 is 9.47 Å². The SMILES string of the molecule is CN1CCC(CCOc2cccc3c2OCCn2c-3c(C3CCCCC3)c3ccc(C(=O)O)cc32)CC1. The molecule has 1 N–H and O–H groups in total. The summed E-state index contributed by atoms with van der Waals surface area (Å²) in [4.78, 5) is 14.2. The number of benzene rings is 2. The summed E-state index contributed by atoms with van der Waals surface area (Å²) in [5.41, 5.74) is 4.96. The van der Waals surface area contributed by atoms with Crippen molar-refractivity contribution in [2.75, 3.05) is 33.4 Å². The number of rotatable bonds is 6. The molecule has 1 saturated carbocycles. The van der Waals surface area contributed by atoms with Gasteiger partial charge < -0.3 is 24.0 Å². The van der Waals surface area contributed by atoms with Gasteiger partial charge in [-0.05, 0) is 93.9 Å². The maximum atomic E-state index is 11.8. The minimum Gasteiger partial charge on any atom is -0.490 e. The number of hydrogen-bond donors (Lipinski definition) is 1. The molecular formula is C31H38N2O4. The molecular weight excluding hydrogens is 464 g/mol. The maximum Gasteiger partial charge on any atom is 0.335 e. The molecule has 6 rings (SSSR count). The van der Waals surface area contributed by atoms with Crippen LogP contribution in [0.3, 0.4) is 0 Å². The summed E-state index contributed by atoms with van der Waals surface area (Å²) in [6, 6.07) is 11.9. The maximum absolute atomic E-state index is 11.8. The number of hydrogen-bond acceptors (Lipinski definition) is 4.